The predicted octanol–water partition coefficient (Wildman–Crippen LogP) is 1.43. The van der Waals surface area contributed by atoms with Gasteiger partial charge >= 0.3 is 0 Å². The van der Waals surface area contributed by atoms with Crippen LogP contribution in [0.3, 0.4) is 0 Å². The number of methoxy groups -OCH3 is 1. The summed E-state index contributed by atoms with van der Waals surface area (Å²) >= 11 is 0. The summed E-state index contributed by atoms with van der Waals surface area (Å²) in [7, 11) is 1.48. The zero-order valence-electron chi connectivity index (χ0n) is 11.0. The quantitative estimate of drug-likeness (QED) is 0.852. The summed E-state index contributed by atoms with van der Waals surface area (Å²) in [5, 5.41) is 2.93. The van der Waals surface area contributed by atoms with E-state index in [4.69, 9.17) is 10.5 Å². The molecule has 1 aromatic rings. The van der Waals surface area contributed by atoms with Crippen LogP contribution < -0.4 is 11.1 Å². The first-order valence-corrected chi connectivity index (χ1v) is 5.61. The molecule has 5 heteroatoms. The van der Waals surface area contributed by atoms with Crippen molar-refractivity contribution in [2.75, 3.05) is 13.7 Å². The third kappa shape index (κ3) is 4.29. The molecule has 0 aliphatic rings. The van der Waals surface area contributed by atoms with Crippen LogP contribution in [-0.2, 0) is 15.1 Å². The van der Waals surface area contributed by atoms with E-state index >= 15 is 0 Å². The number of carbonyl (C=O) groups is 1. The van der Waals surface area contributed by atoms with Gasteiger partial charge in [0.2, 0.25) is 0 Å². The van der Waals surface area contributed by atoms with E-state index in [9.17, 15) is 4.79 Å². The van der Waals surface area contributed by atoms with Gasteiger partial charge in [-0.1, -0.05) is 30.3 Å². The number of amides is 1. The lowest BCUT2D eigenvalue weighted by atomic mass is 9.94. The Morgan fingerprint density at radius 2 is 1.94 bits per heavy atom. The maximum atomic E-state index is 11.9. The molecule has 0 aliphatic heterocycles. The third-order valence-corrected chi connectivity index (χ3v) is 2.72. The van der Waals surface area contributed by atoms with E-state index in [0.717, 1.165) is 5.56 Å². The zero-order chi connectivity index (χ0) is 12.9. The molecule has 0 aromatic heterocycles. The first kappa shape index (κ1) is 16.9. The molecule has 0 saturated carbocycles. The van der Waals surface area contributed by atoms with Gasteiger partial charge in [-0.05, 0) is 19.4 Å². The molecule has 4 nitrogen and oxygen atoms in total. The molecule has 1 rings (SSSR count). The van der Waals surface area contributed by atoms with Crippen molar-refractivity contribution in [3.8, 4) is 0 Å². The maximum absolute atomic E-state index is 11.9. The zero-order valence-corrected chi connectivity index (χ0v) is 11.8. The number of rotatable bonds is 5. The molecule has 0 aliphatic carbocycles. The molecule has 0 bridgehead atoms. The van der Waals surface area contributed by atoms with Crippen molar-refractivity contribution >= 4 is 18.3 Å². The Balaban J connectivity index is 0.00000289. The normalized spacial score (nSPS) is 12.4. The second kappa shape index (κ2) is 7.36. The number of hydrogen-bond acceptors (Lipinski definition) is 3. The summed E-state index contributed by atoms with van der Waals surface area (Å²) in [6.07, 6.45) is -0.599. The van der Waals surface area contributed by atoms with Gasteiger partial charge in [0.05, 0.1) is 5.54 Å². The van der Waals surface area contributed by atoms with Crippen LogP contribution in [0.5, 0.6) is 0 Å². The Kier molecular flexibility index (Phi) is 6.91. The van der Waals surface area contributed by atoms with Crippen molar-refractivity contribution < 1.29 is 9.53 Å². The minimum Gasteiger partial charge on any atom is -0.370 e. The molecule has 1 unspecified atom stereocenters. The van der Waals surface area contributed by atoms with Gasteiger partial charge in [0.25, 0.3) is 5.91 Å². The minimum atomic E-state index is -0.599. The molecular weight excluding hydrogens is 252 g/mol. The van der Waals surface area contributed by atoms with Crippen molar-refractivity contribution in [1.82, 2.24) is 5.32 Å². The highest BCUT2D eigenvalue weighted by atomic mass is 35.5. The van der Waals surface area contributed by atoms with E-state index in [0.29, 0.717) is 0 Å². The first-order chi connectivity index (χ1) is 8.01. The molecule has 1 atom stereocenters. The molecule has 0 spiro atoms. The highest BCUT2D eigenvalue weighted by molar-refractivity contribution is 5.85. The van der Waals surface area contributed by atoms with Crippen molar-refractivity contribution in [2.24, 2.45) is 5.73 Å². The van der Waals surface area contributed by atoms with E-state index in [2.05, 4.69) is 5.32 Å². The maximum Gasteiger partial charge on any atom is 0.251 e. The van der Waals surface area contributed by atoms with Crippen LogP contribution >= 0.6 is 12.4 Å². The minimum absolute atomic E-state index is 0. The molecule has 0 radical (unpaired) electrons. The van der Waals surface area contributed by atoms with Crippen LogP contribution in [0.4, 0.5) is 0 Å². The summed E-state index contributed by atoms with van der Waals surface area (Å²) in [6.45, 7) is 4.07. The first-order valence-electron chi connectivity index (χ1n) is 5.61. The standard InChI is InChI=1S/C13H20N2O2.ClH/c1-13(2,10-7-5-4-6-8-10)15-12(16)11(9-14)17-3;/h4-8,11H,9,14H2,1-3H3,(H,15,16);1H. The fourth-order valence-corrected chi connectivity index (χ4v) is 1.63. The topological polar surface area (TPSA) is 64.3 Å². The van der Waals surface area contributed by atoms with Gasteiger partial charge in [-0.2, -0.15) is 0 Å². The average Bonchev–Trinajstić information content (AvgIpc) is 2.31. The predicted molar refractivity (Wildman–Crippen MR) is 74.7 cm³/mol. The molecule has 1 amide bonds. The van der Waals surface area contributed by atoms with Crippen molar-refractivity contribution in [1.29, 1.82) is 0 Å². The lowest BCUT2D eigenvalue weighted by Gasteiger charge is -2.28. The van der Waals surface area contributed by atoms with E-state index in [1.165, 1.54) is 7.11 Å². The van der Waals surface area contributed by atoms with Crippen LogP contribution in [0.15, 0.2) is 30.3 Å². The second-order valence-corrected chi connectivity index (χ2v) is 4.44. The molecule has 3 N–H and O–H groups in total. The van der Waals surface area contributed by atoms with Gasteiger partial charge in [-0.3, -0.25) is 4.79 Å². The van der Waals surface area contributed by atoms with Crippen LogP contribution in [0.25, 0.3) is 0 Å². The van der Waals surface area contributed by atoms with Gasteiger partial charge in [-0.25, -0.2) is 0 Å². The lowest BCUT2D eigenvalue weighted by molar-refractivity contribution is -0.132. The molecule has 18 heavy (non-hydrogen) atoms. The fourth-order valence-electron chi connectivity index (χ4n) is 1.63. The number of carbonyl (C=O) groups excluding carboxylic acids is 1. The number of halogens is 1. The number of ether oxygens (including phenoxy) is 1. The molecule has 0 fully saturated rings. The van der Waals surface area contributed by atoms with Crippen LogP contribution in [0, 0.1) is 0 Å². The Bertz CT molecular complexity index is 365. The monoisotopic (exact) mass is 272 g/mol. The summed E-state index contributed by atoms with van der Waals surface area (Å²) in [6, 6.07) is 9.79. The van der Waals surface area contributed by atoms with Gasteiger partial charge in [0.15, 0.2) is 0 Å². The SMILES string of the molecule is COC(CN)C(=O)NC(C)(C)c1ccccc1.Cl. The van der Waals surface area contributed by atoms with E-state index < -0.39 is 11.6 Å². The summed E-state index contributed by atoms with van der Waals surface area (Å²) < 4.78 is 5.01. The summed E-state index contributed by atoms with van der Waals surface area (Å²) in [4.78, 5) is 11.9. The number of hydrogen-bond donors (Lipinski definition) is 2. The lowest BCUT2D eigenvalue weighted by Crippen LogP contribution is -2.48. The van der Waals surface area contributed by atoms with Crippen LogP contribution in [-0.4, -0.2) is 25.7 Å². The van der Waals surface area contributed by atoms with Crippen LogP contribution in [0.2, 0.25) is 0 Å². The number of nitrogens with two attached hydrogens (primary N) is 1. The Morgan fingerprint density at radius 1 is 1.39 bits per heavy atom. The number of nitrogens with one attached hydrogen (secondary N) is 1. The van der Waals surface area contributed by atoms with Gasteiger partial charge in [0.1, 0.15) is 6.10 Å². The Morgan fingerprint density at radius 3 is 2.39 bits per heavy atom. The summed E-state index contributed by atoms with van der Waals surface area (Å²) in [5.41, 5.74) is 6.06. The molecule has 1 aromatic carbocycles. The van der Waals surface area contributed by atoms with E-state index in [1.807, 2.05) is 44.2 Å². The third-order valence-electron chi connectivity index (χ3n) is 2.72. The Hall–Kier alpha value is -1.10. The molecule has 0 heterocycles. The van der Waals surface area contributed by atoms with E-state index in [1.54, 1.807) is 0 Å². The average molecular weight is 273 g/mol. The van der Waals surface area contributed by atoms with Gasteiger partial charge < -0.3 is 15.8 Å². The highest BCUT2D eigenvalue weighted by Gasteiger charge is 2.26. The second-order valence-electron chi connectivity index (χ2n) is 4.44. The Labute approximate surface area is 114 Å². The van der Waals surface area contributed by atoms with Gasteiger partial charge in [-0.15, -0.1) is 12.4 Å². The van der Waals surface area contributed by atoms with Crippen molar-refractivity contribution in [3.63, 3.8) is 0 Å². The van der Waals surface area contributed by atoms with E-state index in [-0.39, 0.29) is 24.9 Å². The molecule has 0 saturated heterocycles. The highest BCUT2D eigenvalue weighted by Crippen LogP contribution is 2.19. The molecule has 102 valence electrons. The van der Waals surface area contributed by atoms with Gasteiger partial charge in [0, 0.05) is 13.7 Å². The van der Waals surface area contributed by atoms with Crippen molar-refractivity contribution in [3.05, 3.63) is 35.9 Å². The van der Waals surface area contributed by atoms with Crippen molar-refractivity contribution in [2.45, 2.75) is 25.5 Å². The molecular formula is C13H21ClN2O2. The number of benzene rings is 1. The summed E-state index contributed by atoms with van der Waals surface area (Å²) in [5.74, 6) is -0.191. The van der Waals surface area contributed by atoms with Crippen LogP contribution in [0.1, 0.15) is 19.4 Å². The fraction of sp³-hybridized carbons (Fsp3) is 0.462. The largest absolute Gasteiger partial charge is 0.370 e. The smallest absolute Gasteiger partial charge is 0.251 e.